The average molecular weight is 584 g/mol. The van der Waals surface area contributed by atoms with Crippen molar-refractivity contribution in [3.8, 4) is 6.01 Å². The first-order valence-electron chi connectivity index (χ1n) is 15.6. The van der Waals surface area contributed by atoms with Crippen LogP contribution in [0.5, 0.6) is 6.01 Å². The molecule has 1 amide bonds. The number of fused-ring (bicyclic) bond motifs is 5. The van der Waals surface area contributed by atoms with Gasteiger partial charge in [0, 0.05) is 18.5 Å². The molecule has 2 aliphatic heterocycles. The van der Waals surface area contributed by atoms with Gasteiger partial charge in [-0.25, -0.2) is 9.36 Å². The molecule has 6 atom stereocenters. The SMILES string of the molecule is CC[C@@H]1[C@@H]2CN(C(=O)[C@H](C(C)(C)C)CC(=O)O[C@]3(C)CCC[C@H]3CCCCCn3c(nc4ccnn4c3=O)O2)[C@@H]1C=O. The highest BCUT2D eigenvalue weighted by molar-refractivity contribution is 5.87. The largest absolute Gasteiger partial charge is 0.459 e. The molecule has 1 saturated carbocycles. The number of amides is 1. The van der Waals surface area contributed by atoms with E-state index in [0.29, 0.717) is 18.6 Å². The molecule has 0 N–H and O–H groups in total. The third-order valence-electron chi connectivity index (χ3n) is 9.86. The number of aromatic nitrogens is 4. The topological polar surface area (TPSA) is 125 Å². The number of hydrogen-bond donors (Lipinski definition) is 0. The Morgan fingerprint density at radius 1 is 1.12 bits per heavy atom. The lowest BCUT2D eigenvalue weighted by Crippen LogP contribution is -2.47. The summed E-state index contributed by atoms with van der Waals surface area (Å²) in [6, 6.07) is 1.11. The molecule has 0 aromatic carbocycles. The fraction of sp³-hybridized carbons (Fsp3) is 0.742. The number of esters is 1. The molecule has 0 radical (unpaired) electrons. The molecule has 11 heteroatoms. The number of rotatable bonds is 2. The van der Waals surface area contributed by atoms with Gasteiger partial charge >= 0.3 is 17.7 Å². The summed E-state index contributed by atoms with van der Waals surface area (Å²) in [6.45, 7) is 10.4. The maximum Gasteiger partial charge on any atom is 0.354 e. The van der Waals surface area contributed by atoms with Gasteiger partial charge in [-0.1, -0.05) is 40.5 Å². The molecule has 11 nitrogen and oxygen atoms in total. The second-order valence-corrected chi connectivity index (χ2v) is 13.6. The van der Waals surface area contributed by atoms with Gasteiger partial charge in [0.25, 0.3) is 0 Å². The van der Waals surface area contributed by atoms with Crippen LogP contribution in [0, 0.1) is 23.2 Å². The molecular formula is C31H45N5O6. The summed E-state index contributed by atoms with van der Waals surface area (Å²) < 4.78 is 15.4. The van der Waals surface area contributed by atoms with Crippen LogP contribution in [-0.2, 0) is 25.7 Å². The van der Waals surface area contributed by atoms with Gasteiger partial charge in [0.2, 0.25) is 5.91 Å². The summed E-state index contributed by atoms with van der Waals surface area (Å²) in [4.78, 5) is 59.7. The lowest BCUT2D eigenvalue weighted by atomic mass is 9.77. The molecule has 1 saturated heterocycles. The minimum atomic E-state index is -0.717. The summed E-state index contributed by atoms with van der Waals surface area (Å²) in [6.07, 6.45) is 8.62. The van der Waals surface area contributed by atoms with Crippen LogP contribution in [0.4, 0.5) is 0 Å². The van der Waals surface area contributed by atoms with Crippen molar-refractivity contribution < 1.29 is 23.9 Å². The average Bonchev–Trinajstić information content (AvgIpc) is 3.64. The Morgan fingerprint density at radius 2 is 1.88 bits per heavy atom. The summed E-state index contributed by atoms with van der Waals surface area (Å²) >= 11 is 0. The third kappa shape index (κ3) is 5.71. The Hall–Kier alpha value is -3.24. The van der Waals surface area contributed by atoms with E-state index in [4.69, 9.17) is 9.47 Å². The summed E-state index contributed by atoms with van der Waals surface area (Å²) in [5.74, 6) is -1.34. The van der Waals surface area contributed by atoms with E-state index in [1.807, 2.05) is 34.6 Å². The van der Waals surface area contributed by atoms with Crippen molar-refractivity contribution in [3.63, 3.8) is 0 Å². The van der Waals surface area contributed by atoms with Crippen LogP contribution in [0.1, 0.15) is 92.4 Å². The normalized spacial score (nSPS) is 31.5. The van der Waals surface area contributed by atoms with Crippen molar-refractivity contribution in [2.24, 2.45) is 23.2 Å². The highest BCUT2D eigenvalue weighted by atomic mass is 16.6. The van der Waals surface area contributed by atoms with Gasteiger partial charge in [0.05, 0.1) is 31.1 Å². The summed E-state index contributed by atoms with van der Waals surface area (Å²) in [5, 5.41) is 4.15. The number of carbonyl (C=O) groups is 3. The van der Waals surface area contributed by atoms with Gasteiger partial charge in [-0.2, -0.15) is 14.6 Å². The van der Waals surface area contributed by atoms with Crippen molar-refractivity contribution in [1.82, 2.24) is 24.1 Å². The monoisotopic (exact) mass is 583 g/mol. The molecule has 2 aromatic rings. The Bertz CT molecular complexity index is 1380. The second-order valence-electron chi connectivity index (χ2n) is 13.6. The molecule has 1 aliphatic carbocycles. The van der Waals surface area contributed by atoms with Crippen LogP contribution in [-0.4, -0.2) is 66.5 Å². The van der Waals surface area contributed by atoms with Crippen LogP contribution < -0.4 is 10.4 Å². The van der Waals surface area contributed by atoms with E-state index in [-0.39, 0.29) is 48.4 Å². The van der Waals surface area contributed by atoms with Gasteiger partial charge in [-0.05, 0) is 56.8 Å². The standard InChI is InChI=1S/C31H45N5O6/c1-6-21-23(19-37)35-18-24(21)41-28-33-25-13-15-32-36(25)29(40)34(28)16-9-7-8-11-20-12-10-14-31(20,5)42-26(38)17-22(27(35)39)30(2,3)4/h13,15,19-24H,6-12,14,16-18H2,1-5H3/t20-,21+,22-,23-,24+,31-/m1/s1. The molecule has 5 rings (SSSR count). The van der Waals surface area contributed by atoms with E-state index in [2.05, 4.69) is 10.1 Å². The maximum absolute atomic E-state index is 14.2. The van der Waals surface area contributed by atoms with Crippen molar-refractivity contribution in [1.29, 1.82) is 0 Å². The zero-order valence-electron chi connectivity index (χ0n) is 25.6. The maximum atomic E-state index is 14.2. The highest BCUT2D eigenvalue weighted by Gasteiger charge is 2.49. The highest BCUT2D eigenvalue weighted by Crippen LogP contribution is 2.43. The Kier molecular flexibility index (Phi) is 8.49. The van der Waals surface area contributed by atoms with E-state index < -0.39 is 29.1 Å². The van der Waals surface area contributed by atoms with E-state index in [1.54, 1.807) is 11.0 Å². The Morgan fingerprint density at radius 3 is 2.60 bits per heavy atom. The van der Waals surface area contributed by atoms with Crippen LogP contribution >= 0.6 is 0 Å². The Balaban J connectivity index is 1.54. The lowest BCUT2D eigenvalue weighted by Gasteiger charge is -2.36. The smallest absolute Gasteiger partial charge is 0.354 e. The molecule has 2 bridgehead atoms. The molecule has 42 heavy (non-hydrogen) atoms. The molecule has 2 aromatic heterocycles. The second kappa shape index (κ2) is 11.8. The number of carbonyl (C=O) groups excluding carboxylic acids is 3. The number of ether oxygens (including phenoxy) is 2. The van der Waals surface area contributed by atoms with Crippen molar-refractivity contribution >= 4 is 23.8 Å². The van der Waals surface area contributed by atoms with Crippen molar-refractivity contribution in [2.45, 2.75) is 117 Å². The molecule has 4 heterocycles. The van der Waals surface area contributed by atoms with Crippen molar-refractivity contribution in [2.75, 3.05) is 6.54 Å². The van der Waals surface area contributed by atoms with E-state index >= 15 is 0 Å². The third-order valence-corrected chi connectivity index (χ3v) is 9.86. The molecule has 3 aliphatic rings. The minimum Gasteiger partial charge on any atom is -0.459 e. The quantitative estimate of drug-likeness (QED) is 0.386. The predicted molar refractivity (Wildman–Crippen MR) is 155 cm³/mol. The molecule has 2 fully saturated rings. The van der Waals surface area contributed by atoms with Crippen LogP contribution in [0.3, 0.4) is 0 Å². The molecule has 230 valence electrons. The van der Waals surface area contributed by atoms with E-state index in [9.17, 15) is 19.2 Å². The molecule has 0 spiro atoms. The zero-order chi connectivity index (χ0) is 30.2. The lowest BCUT2D eigenvalue weighted by molar-refractivity contribution is -0.167. The summed E-state index contributed by atoms with van der Waals surface area (Å²) in [5.41, 5.74) is -1.05. The van der Waals surface area contributed by atoms with E-state index in [0.717, 1.165) is 51.2 Å². The molecule has 0 unspecified atom stereocenters. The first kappa shape index (κ1) is 30.2. The zero-order valence-corrected chi connectivity index (χ0v) is 25.6. The fourth-order valence-electron chi connectivity index (χ4n) is 7.30. The summed E-state index contributed by atoms with van der Waals surface area (Å²) in [7, 11) is 0. The van der Waals surface area contributed by atoms with Gasteiger partial charge in [0.1, 0.15) is 18.0 Å². The van der Waals surface area contributed by atoms with Crippen LogP contribution in [0.15, 0.2) is 17.1 Å². The van der Waals surface area contributed by atoms with Gasteiger partial charge in [0.15, 0.2) is 5.65 Å². The van der Waals surface area contributed by atoms with E-state index in [1.165, 1.54) is 15.3 Å². The van der Waals surface area contributed by atoms with Gasteiger partial charge in [-0.3, -0.25) is 9.59 Å². The number of aldehydes is 1. The first-order valence-corrected chi connectivity index (χ1v) is 15.6. The number of nitrogens with zero attached hydrogens (tertiary/aromatic N) is 5. The van der Waals surface area contributed by atoms with Gasteiger partial charge < -0.3 is 19.2 Å². The predicted octanol–water partition coefficient (Wildman–Crippen LogP) is 3.80. The van der Waals surface area contributed by atoms with Crippen molar-refractivity contribution in [3.05, 3.63) is 22.7 Å². The van der Waals surface area contributed by atoms with Crippen LogP contribution in [0.2, 0.25) is 0 Å². The van der Waals surface area contributed by atoms with Gasteiger partial charge in [-0.15, -0.1) is 0 Å². The first-order chi connectivity index (χ1) is 20.0. The minimum absolute atomic E-state index is 0.0476. The number of hydrogen-bond acceptors (Lipinski definition) is 8. The molecular weight excluding hydrogens is 538 g/mol. The Labute approximate surface area is 246 Å². The van der Waals surface area contributed by atoms with Crippen LogP contribution in [0.25, 0.3) is 5.65 Å². The fourth-order valence-corrected chi connectivity index (χ4v) is 7.30.